The van der Waals surface area contributed by atoms with E-state index in [1.807, 2.05) is 6.07 Å². The lowest BCUT2D eigenvalue weighted by molar-refractivity contribution is 1.13. The first-order valence-electron chi connectivity index (χ1n) is 5.30. The minimum Gasteiger partial charge on any atom is -0.384 e. The molecule has 1 aromatic heterocycles. The first kappa shape index (κ1) is 14.0. The Morgan fingerprint density at radius 2 is 1.79 bits per heavy atom. The molecule has 19 heavy (non-hydrogen) atoms. The summed E-state index contributed by atoms with van der Waals surface area (Å²) >= 11 is 18.3. The van der Waals surface area contributed by atoms with E-state index in [1.165, 1.54) is 0 Å². The molecule has 0 amide bonds. The van der Waals surface area contributed by atoms with Crippen LogP contribution in [0.5, 0.6) is 0 Å². The van der Waals surface area contributed by atoms with Crippen LogP contribution in [0.15, 0.2) is 24.3 Å². The molecule has 1 heterocycles. The molecule has 3 nitrogen and oxygen atoms in total. The summed E-state index contributed by atoms with van der Waals surface area (Å²) in [5.41, 5.74) is 7.38. The minimum absolute atomic E-state index is 0.111. The number of aromatic nitrogens is 1. The number of nitrogen functional groups attached to an aromatic ring is 1. The van der Waals surface area contributed by atoms with Crippen LogP contribution in [0.1, 0.15) is 5.69 Å². The van der Waals surface area contributed by atoms with E-state index < -0.39 is 0 Å². The molecule has 0 aliphatic rings. The van der Waals surface area contributed by atoms with Gasteiger partial charge in [0.2, 0.25) is 0 Å². The van der Waals surface area contributed by atoms with Crippen LogP contribution in [0, 0.1) is 11.3 Å². The quantitative estimate of drug-likeness (QED) is 0.838. The standard InChI is InChI=1S/C13H8Cl3N3/c14-8-2-3-9(15)13(16)12(8)7-1-4-11(18)19-10(7)5-6-17/h1-4H,5H2,(H2,18,19). The van der Waals surface area contributed by atoms with E-state index in [0.29, 0.717) is 37.7 Å². The van der Waals surface area contributed by atoms with Crippen molar-refractivity contribution in [3.63, 3.8) is 0 Å². The van der Waals surface area contributed by atoms with E-state index in [1.54, 1.807) is 24.3 Å². The van der Waals surface area contributed by atoms with Gasteiger partial charge in [0.05, 0.1) is 33.3 Å². The van der Waals surface area contributed by atoms with E-state index in [2.05, 4.69) is 4.98 Å². The fourth-order valence-electron chi connectivity index (χ4n) is 1.73. The van der Waals surface area contributed by atoms with Crippen molar-refractivity contribution in [2.24, 2.45) is 0 Å². The van der Waals surface area contributed by atoms with Crippen molar-refractivity contribution in [2.45, 2.75) is 6.42 Å². The normalized spacial score (nSPS) is 10.2. The molecule has 0 aliphatic heterocycles. The predicted molar refractivity (Wildman–Crippen MR) is 78.4 cm³/mol. The van der Waals surface area contributed by atoms with Crippen molar-refractivity contribution >= 4 is 40.6 Å². The largest absolute Gasteiger partial charge is 0.384 e. The van der Waals surface area contributed by atoms with Gasteiger partial charge in [0, 0.05) is 11.1 Å². The Morgan fingerprint density at radius 1 is 1.11 bits per heavy atom. The highest BCUT2D eigenvalue weighted by atomic mass is 35.5. The highest BCUT2D eigenvalue weighted by molar-refractivity contribution is 6.46. The van der Waals surface area contributed by atoms with E-state index in [0.717, 1.165) is 0 Å². The number of hydrogen-bond donors (Lipinski definition) is 1. The Morgan fingerprint density at radius 3 is 2.47 bits per heavy atom. The molecule has 0 atom stereocenters. The van der Waals surface area contributed by atoms with Crippen molar-refractivity contribution < 1.29 is 0 Å². The third kappa shape index (κ3) is 2.76. The average Bonchev–Trinajstić information content (AvgIpc) is 2.37. The van der Waals surface area contributed by atoms with Crippen LogP contribution in [-0.4, -0.2) is 4.98 Å². The van der Waals surface area contributed by atoms with Gasteiger partial charge >= 0.3 is 0 Å². The van der Waals surface area contributed by atoms with Crippen molar-refractivity contribution in [2.75, 3.05) is 5.73 Å². The van der Waals surface area contributed by atoms with E-state index in [9.17, 15) is 0 Å². The molecule has 0 spiro atoms. The van der Waals surface area contributed by atoms with E-state index >= 15 is 0 Å². The molecule has 96 valence electrons. The monoisotopic (exact) mass is 311 g/mol. The third-order valence-corrected chi connectivity index (χ3v) is 3.67. The molecule has 0 bridgehead atoms. The fourth-order valence-corrected chi connectivity index (χ4v) is 2.46. The molecule has 6 heteroatoms. The maximum atomic E-state index is 8.85. The van der Waals surface area contributed by atoms with Crippen molar-refractivity contribution in [1.29, 1.82) is 5.26 Å². The Kier molecular flexibility index (Phi) is 4.16. The summed E-state index contributed by atoms with van der Waals surface area (Å²) in [5, 5.41) is 10.0. The highest BCUT2D eigenvalue weighted by Gasteiger charge is 2.16. The molecule has 0 saturated heterocycles. The second kappa shape index (κ2) is 5.66. The van der Waals surface area contributed by atoms with Gasteiger partial charge in [-0.05, 0) is 24.3 Å². The maximum absolute atomic E-state index is 8.85. The fraction of sp³-hybridized carbons (Fsp3) is 0.0769. The summed E-state index contributed by atoms with van der Waals surface area (Å²) in [6, 6.07) is 8.67. The Bertz CT molecular complexity index is 678. The summed E-state index contributed by atoms with van der Waals surface area (Å²) < 4.78 is 0. The van der Waals surface area contributed by atoms with Gasteiger partial charge in [-0.15, -0.1) is 0 Å². The molecule has 2 N–H and O–H groups in total. The predicted octanol–water partition coefficient (Wildman–Crippen LogP) is 4.36. The number of benzene rings is 1. The molecule has 2 rings (SSSR count). The molecule has 0 unspecified atom stereocenters. The topological polar surface area (TPSA) is 62.7 Å². The van der Waals surface area contributed by atoms with Gasteiger partial charge in [-0.3, -0.25) is 0 Å². The van der Waals surface area contributed by atoms with Crippen molar-refractivity contribution in [1.82, 2.24) is 4.98 Å². The molecular weight excluding hydrogens is 305 g/mol. The second-order valence-corrected chi connectivity index (χ2v) is 4.98. The number of hydrogen-bond acceptors (Lipinski definition) is 3. The van der Waals surface area contributed by atoms with Crippen molar-refractivity contribution in [3.05, 3.63) is 45.0 Å². The molecule has 0 saturated carbocycles. The number of rotatable bonds is 2. The van der Waals surface area contributed by atoms with Gasteiger partial charge in [0.1, 0.15) is 5.82 Å². The van der Waals surface area contributed by atoms with Gasteiger partial charge in [0.15, 0.2) is 0 Å². The summed E-state index contributed by atoms with van der Waals surface area (Å²) in [6.45, 7) is 0. The Labute approximate surface area is 125 Å². The number of anilines is 1. The summed E-state index contributed by atoms with van der Waals surface area (Å²) in [5.74, 6) is 0.336. The number of nitrogens with two attached hydrogens (primary N) is 1. The smallest absolute Gasteiger partial charge is 0.123 e. The molecule has 1 aromatic carbocycles. The number of nitrogens with zero attached hydrogens (tertiary/aromatic N) is 2. The van der Waals surface area contributed by atoms with Gasteiger partial charge in [-0.25, -0.2) is 4.98 Å². The molecule has 0 fully saturated rings. The second-order valence-electron chi connectivity index (χ2n) is 3.78. The lowest BCUT2D eigenvalue weighted by Gasteiger charge is -2.12. The van der Waals surface area contributed by atoms with Gasteiger partial charge in [-0.1, -0.05) is 34.8 Å². The third-order valence-electron chi connectivity index (χ3n) is 2.56. The average molecular weight is 313 g/mol. The SMILES string of the molecule is N#CCc1nc(N)ccc1-c1c(Cl)ccc(Cl)c1Cl. The first-order chi connectivity index (χ1) is 9.04. The van der Waals surface area contributed by atoms with Crippen LogP contribution in [0.4, 0.5) is 5.82 Å². The molecular formula is C13H8Cl3N3. The Hall–Kier alpha value is -1.47. The van der Waals surface area contributed by atoms with Crippen LogP contribution in [-0.2, 0) is 6.42 Å². The molecule has 2 aromatic rings. The first-order valence-corrected chi connectivity index (χ1v) is 6.44. The van der Waals surface area contributed by atoms with E-state index in [-0.39, 0.29) is 6.42 Å². The summed E-state index contributed by atoms with van der Waals surface area (Å²) in [7, 11) is 0. The molecule has 0 radical (unpaired) electrons. The van der Waals surface area contributed by atoms with Crippen LogP contribution in [0.25, 0.3) is 11.1 Å². The lowest BCUT2D eigenvalue weighted by Crippen LogP contribution is -1.99. The van der Waals surface area contributed by atoms with Crippen LogP contribution in [0.2, 0.25) is 15.1 Å². The van der Waals surface area contributed by atoms with Gasteiger partial charge in [-0.2, -0.15) is 5.26 Å². The summed E-state index contributed by atoms with van der Waals surface area (Å²) in [6.07, 6.45) is 0.111. The summed E-state index contributed by atoms with van der Waals surface area (Å²) in [4.78, 5) is 4.15. The number of halogens is 3. The lowest BCUT2D eigenvalue weighted by atomic mass is 10.0. The zero-order chi connectivity index (χ0) is 14.0. The van der Waals surface area contributed by atoms with Crippen LogP contribution in [0.3, 0.4) is 0 Å². The highest BCUT2D eigenvalue weighted by Crippen LogP contribution is 2.40. The Balaban J connectivity index is 2.72. The van der Waals surface area contributed by atoms with E-state index in [4.69, 9.17) is 45.8 Å². The number of nitriles is 1. The maximum Gasteiger partial charge on any atom is 0.123 e. The van der Waals surface area contributed by atoms with Gasteiger partial charge in [0.25, 0.3) is 0 Å². The number of pyridine rings is 1. The van der Waals surface area contributed by atoms with Crippen LogP contribution < -0.4 is 5.73 Å². The molecule has 0 aliphatic carbocycles. The van der Waals surface area contributed by atoms with Gasteiger partial charge < -0.3 is 5.73 Å². The van der Waals surface area contributed by atoms with Crippen molar-refractivity contribution in [3.8, 4) is 17.2 Å². The van der Waals surface area contributed by atoms with Crippen LogP contribution >= 0.6 is 34.8 Å². The zero-order valence-corrected chi connectivity index (χ0v) is 11.9. The zero-order valence-electron chi connectivity index (χ0n) is 9.62. The minimum atomic E-state index is 0.111.